The van der Waals surface area contributed by atoms with Crippen LogP contribution in [0.15, 0.2) is 48.5 Å². The molecule has 0 bridgehead atoms. The third kappa shape index (κ3) is 4.15. The molecule has 1 saturated heterocycles. The molecule has 6 heteroatoms. The predicted molar refractivity (Wildman–Crippen MR) is 104 cm³/mol. The van der Waals surface area contributed by atoms with E-state index in [1.165, 1.54) is 24.1 Å². The molecule has 0 aromatic heterocycles. The first-order valence-corrected chi connectivity index (χ1v) is 10.0. The van der Waals surface area contributed by atoms with E-state index in [4.69, 9.17) is 16.3 Å². The maximum Gasteiger partial charge on any atom is 0.419 e. The second-order valence-corrected chi connectivity index (χ2v) is 8.29. The molecule has 28 heavy (non-hydrogen) atoms. The molecule has 4 rings (SSSR count). The van der Waals surface area contributed by atoms with Gasteiger partial charge >= 0.3 is 6.18 Å². The minimum Gasteiger partial charge on any atom is -0.492 e. The van der Waals surface area contributed by atoms with Gasteiger partial charge in [-0.1, -0.05) is 35.9 Å². The minimum absolute atomic E-state index is 0.0894. The van der Waals surface area contributed by atoms with E-state index in [1.807, 2.05) is 12.1 Å². The highest BCUT2D eigenvalue weighted by molar-refractivity contribution is 6.30. The van der Waals surface area contributed by atoms with Gasteiger partial charge in [-0.2, -0.15) is 13.2 Å². The number of halogens is 4. The van der Waals surface area contributed by atoms with Crippen molar-refractivity contribution >= 4 is 11.6 Å². The molecule has 1 spiro atoms. The number of hydrogen-bond acceptors (Lipinski definition) is 2. The van der Waals surface area contributed by atoms with Crippen molar-refractivity contribution in [3.8, 4) is 5.75 Å². The molecule has 2 aromatic carbocycles. The lowest BCUT2D eigenvalue weighted by Gasteiger charge is -2.33. The standard InChI is InChI=1S/C22H23ClF3NO/c23-17-7-5-16(6-8-17)19-15-21(19)9-11-27(12-10-21)13-14-28-20-4-2-1-3-18(20)22(24,25)26/h1-8,19H,9-15H2. The van der Waals surface area contributed by atoms with Crippen molar-refractivity contribution in [1.82, 2.24) is 4.90 Å². The lowest BCUT2D eigenvalue weighted by molar-refractivity contribution is -0.139. The van der Waals surface area contributed by atoms with E-state index in [2.05, 4.69) is 17.0 Å². The Hall–Kier alpha value is -1.72. The Bertz CT molecular complexity index is 813. The fourth-order valence-electron chi connectivity index (χ4n) is 4.40. The zero-order valence-electron chi connectivity index (χ0n) is 15.5. The quantitative estimate of drug-likeness (QED) is 0.599. The van der Waals surface area contributed by atoms with Crippen molar-refractivity contribution in [1.29, 1.82) is 0 Å². The van der Waals surface area contributed by atoms with E-state index in [0.29, 0.717) is 17.9 Å². The van der Waals surface area contributed by atoms with Crippen molar-refractivity contribution in [2.75, 3.05) is 26.2 Å². The summed E-state index contributed by atoms with van der Waals surface area (Å²) in [5, 5.41) is 0.764. The van der Waals surface area contributed by atoms with Gasteiger partial charge in [-0.3, -0.25) is 4.90 Å². The largest absolute Gasteiger partial charge is 0.492 e. The first-order valence-electron chi connectivity index (χ1n) is 9.64. The van der Waals surface area contributed by atoms with Crippen LogP contribution in [-0.4, -0.2) is 31.1 Å². The van der Waals surface area contributed by atoms with Gasteiger partial charge in [0.2, 0.25) is 0 Å². The van der Waals surface area contributed by atoms with Gasteiger partial charge in [0.15, 0.2) is 0 Å². The van der Waals surface area contributed by atoms with Crippen LogP contribution in [0.25, 0.3) is 0 Å². The lowest BCUT2D eigenvalue weighted by Crippen LogP contribution is -2.37. The summed E-state index contributed by atoms with van der Waals surface area (Å²) in [5.74, 6) is 0.523. The SMILES string of the molecule is FC(F)(F)c1ccccc1OCCN1CCC2(CC1)CC2c1ccc(Cl)cc1. The molecule has 2 aliphatic rings. The Morgan fingerprint density at radius 1 is 1.04 bits per heavy atom. The van der Waals surface area contributed by atoms with Gasteiger partial charge in [0.05, 0.1) is 5.56 Å². The zero-order chi connectivity index (χ0) is 19.8. The highest BCUT2D eigenvalue weighted by Gasteiger charge is 2.55. The van der Waals surface area contributed by atoms with Gasteiger partial charge in [0.25, 0.3) is 0 Å². The van der Waals surface area contributed by atoms with Crippen molar-refractivity contribution in [2.45, 2.75) is 31.4 Å². The van der Waals surface area contributed by atoms with Crippen molar-refractivity contribution < 1.29 is 17.9 Å². The molecule has 0 N–H and O–H groups in total. The van der Waals surface area contributed by atoms with Crippen molar-refractivity contribution in [2.24, 2.45) is 5.41 Å². The molecule has 2 fully saturated rings. The third-order valence-corrected chi connectivity index (χ3v) is 6.42. The summed E-state index contributed by atoms with van der Waals surface area (Å²) in [6.45, 7) is 2.84. The highest BCUT2D eigenvalue weighted by atomic mass is 35.5. The number of benzene rings is 2. The van der Waals surface area contributed by atoms with Crippen LogP contribution in [0.5, 0.6) is 5.75 Å². The van der Waals surface area contributed by atoms with Gasteiger partial charge in [-0.05, 0) is 73.5 Å². The maximum absolute atomic E-state index is 13.0. The molecule has 1 aliphatic heterocycles. The van der Waals surface area contributed by atoms with Crippen molar-refractivity contribution in [3.63, 3.8) is 0 Å². The number of ether oxygens (including phenoxy) is 1. The van der Waals surface area contributed by atoms with Gasteiger partial charge in [-0.15, -0.1) is 0 Å². The minimum atomic E-state index is -4.39. The van der Waals surface area contributed by atoms with Gasteiger partial charge < -0.3 is 4.74 Å². The highest BCUT2D eigenvalue weighted by Crippen LogP contribution is 2.64. The van der Waals surface area contributed by atoms with Crippen LogP contribution in [-0.2, 0) is 6.18 Å². The number of alkyl halides is 3. The van der Waals surface area contributed by atoms with E-state index in [1.54, 1.807) is 6.07 Å². The molecule has 1 heterocycles. The summed E-state index contributed by atoms with van der Waals surface area (Å²) in [6, 6.07) is 13.5. The van der Waals surface area contributed by atoms with Crippen LogP contribution < -0.4 is 4.74 Å². The van der Waals surface area contributed by atoms with Gasteiger partial charge in [0.1, 0.15) is 12.4 Å². The average molecular weight is 410 g/mol. The molecule has 1 unspecified atom stereocenters. The van der Waals surface area contributed by atoms with Crippen LogP contribution in [0.4, 0.5) is 13.2 Å². The van der Waals surface area contributed by atoms with E-state index in [0.717, 1.165) is 37.0 Å². The number of nitrogens with zero attached hydrogens (tertiary/aromatic N) is 1. The summed E-state index contributed by atoms with van der Waals surface area (Å²) in [6.07, 6.45) is -0.923. The molecule has 1 atom stereocenters. The summed E-state index contributed by atoms with van der Waals surface area (Å²) < 4.78 is 44.5. The molecular weight excluding hydrogens is 387 g/mol. The summed E-state index contributed by atoms with van der Waals surface area (Å²) in [7, 11) is 0. The number of rotatable bonds is 5. The second-order valence-electron chi connectivity index (χ2n) is 7.85. The number of para-hydroxylation sites is 1. The predicted octanol–water partition coefficient (Wildman–Crippen LogP) is 6.01. The monoisotopic (exact) mass is 409 g/mol. The summed E-state index contributed by atoms with van der Waals surface area (Å²) in [4.78, 5) is 2.29. The van der Waals surface area contributed by atoms with Crippen molar-refractivity contribution in [3.05, 3.63) is 64.7 Å². The van der Waals surface area contributed by atoms with Gasteiger partial charge in [0, 0.05) is 11.6 Å². The van der Waals surface area contributed by atoms with E-state index >= 15 is 0 Å². The topological polar surface area (TPSA) is 12.5 Å². The second kappa shape index (κ2) is 7.60. The molecule has 0 amide bonds. The Kier molecular flexibility index (Phi) is 5.32. The fraction of sp³-hybridized carbons (Fsp3) is 0.455. The van der Waals surface area contributed by atoms with E-state index in [-0.39, 0.29) is 12.4 Å². The average Bonchev–Trinajstić information content (AvgIpc) is 3.37. The molecule has 2 aromatic rings. The molecule has 2 nitrogen and oxygen atoms in total. The molecule has 0 radical (unpaired) electrons. The number of piperidine rings is 1. The molecular formula is C22H23ClF3NO. The van der Waals surface area contributed by atoms with E-state index < -0.39 is 11.7 Å². The zero-order valence-corrected chi connectivity index (χ0v) is 16.3. The first kappa shape index (κ1) is 19.6. The Labute approximate surface area is 168 Å². The molecule has 1 aliphatic carbocycles. The lowest BCUT2D eigenvalue weighted by atomic mass is 9.89. The normalized spacial score (nSPS) is 21.6. The molecule has 1 saturated carbocycles. The van der Waals surface area contributed by atoms with Crippen LogP contribution in [0, 0.1) is 5.41 Å². The Balaban J connectivity index is 1.26. The Morgan fingerprint density at radius 2 is 1.71 bits per heavy atom. The van der Waals surface area contributed by atoms with E-state index in [9.17, 15) is 13.2 Å². The van der Waals surface area contributed by atoms with Gasteiger partial charge in [-0.25, -0.2) is 0 Å². The summed E-state index contributed by atoms with van der Waals surface area (Å²) in [5.41, 5.74) is 1.05. The van der Waals surface area contributed by atoms with Crippen LogP contribution in [0.1, 0.15) is 36.3 Å². The third-order valence-electron chi connectivity index (χ3n) is 6.17. The smallest absolute Gasteiger partial charge is 0.419 e. The van der Waals surface area contributed by atoms with Crippen LogP contribution >= 0.6 is 11.6 Å². The van der Waals surface area contributed by atoms with Crippen LogP contribution in [0.3, 0.4) is 0 Å². The fourth-order valence-corrected chi connectivity index (χ4v) is 4.53. The Morgan fingerprint density at radius 3 is 2.39 bits per heavy atom. The first-order chi connectivity index (χ1) is 13.4. The van der Waals surface area contributed by atoms with Crippen LogP contribution in [0.2, 0.25) is 5.02 Å². The maximum atomic E-state index is 13.0. The summed E-state index contributed by atoms with van der Waals surface area (Å²) >= 11 is 5.98. The molecule has 150 valence electrons. The number of likely N-dealkylation sites (tertiary alicyclic amines) is 1. The number of hydrogen-bond donors (Lipinski definition) is 0.